The van der Waals surface area contributed by atoms with Crippen LogP contribution in [0.2, 0.25) is 0 Å². The van der Waals surface area contributed by atoms with Crippen molar-refractivity contribution in [3.63, 3.8) is 0 Å². The second kappa shape index (κ2) is 5.51. The molecule has 2 rings (SSSR count). The Balaban J connectivity index is 2.31. The third-order valence-electron chi connectivity index (χ3n) is 2.63. The Morgan fingerprint density at radius 2 is 2.10 bits per heavy atom. The first-order chi connectivity index (χ1) is 9.47. The highest BCUT2D eigenvalue weighted by Gasteiger charge is 2.21. The Kier molecular flexibility index (Phi) is 3.78. The van der Waals surface area contributed by atoms with Crippen molar-refractivity contribution in [1.29, 1.82) is 0 Å². The summed E-state index contributed by atoms with van der Waals surface area (Å²) in [4.78, 5) is 27.4. The van der Waals surface area contributed by atoms with E-state index in [4.69, 9.17) is 11.5 Å². The maximum atomic E-state index is 11.4. The molecular weight excluding hydrogens is 260 g/mol. The summed E-state index contributed by atoms with van der Waals surface area (Å²) < 4.78 is 1.58. The summed E-state index contributed by atoms with van der Waals surface area (Å²) in [6.45, 7) is 3.73. The Labute approximate surface area is 115 Å². The molecule has 0 aliphatic rings. The van der Waals surface area contributed by atoms with Crippen molar-refractivity contribution in [2.24, 2.45) is 11.7 Å². The van der Waals surface area contributed by atoms with E-state index in [-0.39, 0.29) is 17.8 Å². The van der Waals surface area contributed by atoms with Gasteiger partial charge in [0.25, 0.3) is 0 Å². The number of imidazole rings is 1. The van der Waals surface area contributed by atoms with Gasteiger partial charge in [-0.1, -0.05) is 13.8 Å². The lowest BCUT2D eigenvalue weighted by atomic mass is 10.0. The second-order valence-electron chi connectivity index (χ2n) is 4.56. The quantitative estimate of drug-likeness (QED) is 0.673. The van der Waals surface area contributed by atoms with Gasteiger partial charge < -0.3 is 16.8 Å². The van der Waals surface area contributed by atoms with Crippen LogP contribution in [0, 0.1) is 5.92 Å². The van der Waals surface area contributed by atoms with E-state index in [0.29, 0.717) is 5.95 Å². The number of nitrogens with zero attached hydrogens (tertiary/aromatic N) is 5. The standard InChI is InChI=1S/C11H16N8O/c1-6(2)7(8(12)20)15-10-16-9(13)17-11(18-10)19-4-3-14-5-19/h3-7H,1-2H3,(H2,12,20)(H3,13,15,16,17,18). The third-order valence-corrected chi connectivity index (χ3v) is 2.63. The summed E-state index contributed by atoms with van der Waals surface area (Å²) in [5, 5.41) is 2.87. The maximum absolute atomic E-state index is 11.4. The van der Waals surface area contributed by atoms with Gasteiger partial charge in [0, 0.05) is 12.4 Å². The Bertz CT molecular complexity index is 594. The molecular formula is C11H16N8O. The van der Waals surface area contributed by atoms with Crippen molar-refractivity contribution in [3.8, 4) is 5.95 Å². The van der Waals surface area contributed by atoms with Gasteiger partial charge in [0.1, 0.15) is 12.4 Å². The average molecular weight is 276 g/mol. The maximum Gasteiger partial charge on any atom is 0.241 e. The van der Waals surface area contributed by atoms with E-state index in [1.807, 2.05) is 13.8 Å². The minimum Gasteiger partial charge on any atom is -0.368 e. The molecule has 1 atom stereocenters. The lowest BCUT2D eigenvalue weighted by Gasteiger charge is -2.19. The van der Waals surface area contributed by atoms with Crippen LogP contribution in [0.15, 0.2) is 18.7 Å². The van der Waals surface area contributed by atoms with Crippen LogP contribution in [0.1, 0.15) is 13.8 Å². The monoisotopic (exact) mass is 276 g/mol. The van der Waals surface area contributed by atoms with Crippen LogP contribution in [-0.2, 0) is 4.79 Å². The summed E-state index contributed by atoms with van der Waals surface area (Å²) in [5.74, 6) is 0.0479. The number of rotatable bonds is 5. The van der Waals surface area contributed by atoms with Gasteiger partial charge in [0.15, 0.2) is 0 Å². The molecule has 106 valence electrons. The fourth-order valence-electron chi connectivity index (χ4n) is 1.64. The van der Waals surface area contributed by atoms with E-state index < -0.39 is 11.9 Å². The SMILES string of the molecule is CC(C)C(Nc1nc(N)nc(-n2ccnc2)n1)C(N)=O. The molecule has 0 radical (unpaired) electrons. The van der Waals surface area contributed by atoms with Gasteiger partial charge in [-0.15, -0.1) is 0 Å². The van der Waals surface area contributed by atoms with E-state index in [9.17, 15) is 4.79 Å². The van der Waals surface area contributed by atoms with Crippen molar-refractivity contribution < 1.29 is 4.79 Å². The van der Waals surface area contributed by atoms with Gasteiger partial charge in [-0.2, -0.15) is 15.0 Å². The highest BCUT2D eigenvalue weighted by molar-refractivity contribution is 5.82. The van der Waals surface area contributed by atoms with Crippen molar-refractivity contribution in [2.45, 2.75) is 19.9 Å². The van der Waals surface area contributed by atoms with Crippen LogP contribution in [0.3, 0.4) is 0 Å². The number of amides is 1. The van der Waals surface area contributed by atoms with Gasteiger partial charge in [0.05, 0.1) is 0 Å². The number of carbonyl (C=O) groups excluding carboxylic acids is 1. The predicted molar refractivity (Wildman–Crippen MR) is 72.8 cm³/mol. The molecule has 0 fully saturated rings. The van der Waals surface area contributed by atoms with Crippen LogP contribution in [-0.4, -0.2) is 36.5 Å². The number of nitrogens with two attached hydrogens (primary N) is 2. The summed E-state index contributed by atoms with van der Waals surface area (Å²) >= 11 is 0. The molecule has 0 aliphatic carbocycles. The summed E-state index contributed by atoms with van der Waals surface area (Å²) in [6, 6.07) is -0.590. The summed E-state index contributed by atoms with van der Waals surface area (Å²) in [7, 11) is 0. The molecule has 0 saturated heterocycles. The largest absolute Gasteiger partial charge is 0.368 e. The lowest BCUT2D eigenvalue weighted by Crippen LogP contribution is -2.40. The van der Waals surface area contributed by atoms with Crippen molar-refractivity contribution in [3.05, 3.63) is 18.7 Å². The number of aromatic nitrogens is 5. The Morgan fingerprint density at radius 1 is 1.35 bits per heavy atom. The topological polar surface area (TPSA) is 138 Å². The van der Waals surface area contributed by atoms with Crippen molar-refractivity contribution in [1.82, 2.24) is 24.5 Å². The van der Waals surface area contributed by atoms with Gasteiger partial charge in [-0.25, -0.2) is 4.98 Å². The van der Waals surface area contributed by atoms with Gasteiger partial charge in [0.2, 0.25) is 23.8 Å². The van der Waals surface area contributed by atoms with Crippen LogP contribution in [0.25, 0.3) is 5.95 Å². The van der Waals surface area contributed by atoms with Crippen LogP contribution < -0.4 is 16.8 Å². The number of carbonyl (C=O) groups is 1. The highest BCUT2D eigenvalue weighted by atomic mass is 16.1. The highest BCUT2D eigenvalue weighted by Crippen LogP contribution is 2.11. The van der Waals surface area contributed by atoms with E-state index in [0.717, 1.165) is 0 Å². The van der Waals surface area contributed by atoms with Gasteiger partial charge in [-0.05, 0) is 5.92 Å². The molecule has 9 heteroatoms. The fraction of sp³-hybridized carbons (Fsp3) is 0.364. The van der Waals surface area contributed by atoms with Gasteiger partial charge >= 0.3 is 0 Å². The smallest absolute Gasteiger partial charge is 0.241 e. The molecule has 2 aromatic rings. The molecule has 0 aliphatic heterocycles. The van der Waals surface area contributed by atoms with E-state index >= 15 is 0 Å². The first kappa shape index (κ1) is 13.7. The zero-order valence-electron chi connectivity index (χ0n) is 11.2. The Hall–Kier alpha value is -2.71. The number of anilines is 2. The molecule has 0 bridgehead atoms. The molecule has 1 amide bonds. The molecule has 5 N–H and O–H groups in total. The number of nitrogen functional groups attached to an aromatic ring is 1. The second-order valence-corrected chi connectivity index (χ2v) is 4.56. The number of primary amides is 1. The average Bonchev–Trinajstić information content (AvgIpc) is 2.88. The predicted octanol–water partition coefficient (Wildman–Crippen LogP) is -0.439. The molecule has 2 heterocycles. The molecule has 1 unspecified atom stereocenters. The van der Waals surface area contributed by atoms with Crippen molar-refractivity contribution >= 4 is 17.8 Å². The van der Waals surface area contributed by atoms with Crippen LogP contribution in [0.5, 0.6) is 0 Å². The number of hydrogen-bond donors (Lipinski definition) is 3. The number of hydrogen-bond acceptors (Lipinski definition) is 7. The zero-order valence-corrected chi connectivity index (χ0v) is 11.2. The lowest BCUT2D eigenvalue weighted by molar-refractivity contribution is -0.119. The molecule has 2 aromatic heterocycles. The normalized spacial score (nSPS) is 12.3. The Morgan fingerprint density at radius 3 is 2.65 bits per heavy atom. The summed E-state index contributed by atoms with van der Waals surface area (Å²) in [5.41, 5.74) is 11.0. The first-order valence-electron chi connectivity index (χ1n) is 6.03. The van der Waals surface area contributed by atoms with Crippen molar-refractivity contribution in [2.75, 3.05) is 11.1 Å². The van der Waals surface area contributed by atoms with Crippen LogP contribution in [0.4, 0.5) is 11.9 Å². The number of nitrogens with one attached hydrogen (secondary N) is 1. The molecule has 20 heavy (non-hydrogen) atoms. The summed E-state index contributed by atoms with van der Waals surface area (Å²) in [6.07, 6.45) is 4.80. The minimum absolute atomic E-state index is 0.0119. The third kappa shape index (κ3) is 2.99. The minimum atomic E-state index is -0.590. The van der Waals surface area contributed by atoms with E-state index in [2.05, 4.69) is 25.3 Å². The molecule has 0 spiro atoms. The fourth-order valence-corrected chi connectivity index (χ4v) is 1.64. The van der Waals surface area contributed by atoms with Gasteiger partial charge in [-0.3, -0.25) is 9.36 Å². The molecule has 0 saturated carbocycles. The first-order valence-corrected chi connectivity index (χ1v) is 6.03. The molecule has 9 nitrogen and oxygen atoms in total. The van der Waals surface area contributed by atoms with Crippen LogP contribution >= 0.6 is 0 Å². The zero-order chi connectivity index (χ0) is 14.7. The molecule has 0 aromatic carbocycles. The van der Waals surface area contributed by atoms with E-state index in [1.54, 1.807) is 17.0 Å². The van der Waals surface area contributed by atoms with E-state index in [1.165, 1.54) is 6.33 Å².